The molecule has 6 rings (SSSR count). The van der Waals surface area contributed by atoms with Gasteiger partial charge >= 0.3 is 0 Å². The van der Waals surface area contributed by atoms with Crippen molar-refractivity contribution in [2.75, 3.05) is 0 Å². The summed E-state index contributed by atoms with van der Waals surface area (Å²) in [4.78, 5) is 19.8. The third-order valence-electron chi connectivity index (χ3n) is 6.82. The van der Waals surface area contributed by atoms with E-state index in [0.717, 1.165) is 56.2 Å². The zero-order valence-corrected chi connectivity index (χ0v) is 22.5. The molecular weight excluding hydrogens is 488 g/mol. The molecule has 0 aliphatic rings. The van der Waals surface area contributed by atoms with Gasteiger partial charge in [0.1, 0.15) is 0 Å². The minimum atomic E-state index is 0.686. The fourth-order valence-electron chi connectivity index (χ4n) is 4.72. The molecular formula is C36H28N4. The summed E-state index contributed by atoms with van der Waals surface area (Å²) in [5, 5.41) is 0. The van der Waals surface area contributed by atoms with Crippen molar-refractivity contribution < 1.29 is 0 Å². The fourth-order valence-corrected chi connectivity index (χ4v) is 4.72. The van der Waals surface area contributed by atoms with Crippen LogP contribution in [0.3, 0.4) is 0 Å². The van der Waals surface area contributed by atoms with Crippen molar-refractivity contribution >= 4 is 6.08 Å². The second-order valence-corrected chi connectivity index (χ2v) is 9.54. The molecule has 4 nitrogen and oxygen atoms in total. The summed E-state index contributed by atoms with van der Waals surface area (Å²) < 4.78 is 0. The maximum Gasteiger partial charge on any atom is 0.160 e. The van der Waals surface area contributed by atoms with Crippen LogP contribution in [0.4, 0.5) is 0 Å². The molecule has 6 aromatic rings. The van der Waals surface area contributed by atoms with E-state index in [0.29, 0.717) is 11.6 Å². The molecule has 0 saturated heterocycles. The Morgan fingerprint density at radius 3 is 1.45 bits per heavy atom. The summed E-state index contributed by atoms with van der Waals surface area (Å²) in [5.41, 5.74) is 9.73. The minimum Gasteiger partial charge on any atom is -0.228 e. The maximum atomic E-state index is 4.99. The summed E-state index contributed by atoms with van der Waals surface area (Å²) in [7, 11) is 0. The molecule has 0 spiro atoms. The zero-order chi connectivity index (χ0) is 27.3. The lowest BCUT2D eigenvalue weighted by Crippen LogP contribution is -2.00. The minimum absolute atomic E-state index is 0.686. The third kappa shape index (κ3) is 5.20. The van der Waals surface area contributed by atoms with Crippen LogP contribution in [0.1, 0.15) is 18.2 Å². The highest BCUT2D eigenvalue weighted by atomic mass is 14.9. The van der Waals surface area contributed by atoms with Crippen LogP contribution in [-0.4, -0.2) is 19.9 Å². The first-order valence-electron chi connectivity index (χ1n) is 13.4. The Bertz CT molecular complexity index is 1720. The zero-order valence-electron chi connectivity index (χ0n) is 22.5. The molecule has 0 unspecified atom stereocenters. The topological polar surface area (TPSA) is 51.6 Å². The van der Waals surface area contributed by atoms with E-state index in [9.17, 15) is 0 Å². The summed E-state index contributed by atoms with van der Waals surface area (Å²) in [6.45, 7) is 4.08. The molecule has 0 amide bonds. The maximum absolute atomic E-state index is 4.99. The number of nitrogens with zero attached hydrogens (tertiary/aromatic N) is 4. The Kier molecular flexibility index (Phi) is 7.06. The highest BCUT2D eigenvalue weighted by Crippen LogP contribution is 2.31. The van der Waals surface area contributed by atoms with Crippen LogP contribution in [0.2, 0.25) is 0 Å². The van der Waals surface area contributed by atoms with Gasteiger partial charge in [-0.05, 0) is 26.0 Å². The summed E-state index contributed by atoms with van der Waals surface area (Å²) in [6.07, 6.45) is 4.05. The molecule has 0 radical (unpaired) electrons. The van der Waals surface area contributed by atoms with E-state index in [1.54, 1.807) is 0 Å². The standard InChI is InChI=1S/C36H28N4/c1-3-13-31-25(2)34(40-36(37-31)29-18-11-6-12-19-29)28-20-22-30(23-21-28)35-38-32(26-14-7-4-8-15-26)24-33(39-35)27-16-9-5-10-17-27/h3-24H,1-2H3/b13-3-. The molecule has 0 N–H and O–H groups in total. The van der Waals surface area contributed by atoms with Gasteiger partial charge in [0.15, 0.2) is 11.6 Å². The number of allylic oxidation sites excluding steroid dienone is 1. The van der Waals surface area contributed by atoms with Gasteiger partial charge in [0.2, 0.25) is 0 Å². The molecule has 0 atom stereocenters. The molecule has 4 heteroatoms. The van der Waals surface area contributed by atoms with E-state index in [2.05, 4.69) is 61.5 Å². The van der Waals surface area contributed by atoms with Crippen LogP contribution in [0.5, 0.6) is 0 Å². The highest BCUT2D eigenvalue weighted by Gasteiger charge is 2.14. The van der Waals surface area contributed by atoms with Crippen molar-refractivity contribution in [2.24, 2.45) is 0 Å². The molecule has 0 aliphatic heterocycles. The molecule has 0 aliphatic carbocycles. The first-order chi connectivity index (χ1) is 19.7. The largest absolute Gasteiger partial charge is 0.228 e. The lowest BCUT2D eigenvalue weighted by Gasteiger charge is -2.12. The third-order valence-corrected chi connectivity index (χ3v) is 6.82. The smallest absolute Gasteiger partial charge is 0.160 e. The van der Waals surface area contributed by atoms with Crippen LogP contribution in [-0.2, 0) is 0 Å². The van der Waals surface area contributed by atoms with E-state index < -0.39 is 0 Å². The van der Waals surface area contributed by atoms with Crippen LogP contribution >= 0.6 is 0 Å². The molecule has 0 fully saturated rings. The van der Waals surface area contributed by atoms with Crippen molar-refractivity contribution in [1.29, 1.82) is 0 Å². The van der Waals surface area contributed by atoms with Crippen molar-refractivity contribution in [2.45, 2.75) is 13.8 Å². The van der Waals surface area contributed by atoms with E-state index in [1.807, 2.05) is 85.8 Å². The first-order valence-corrected chi connectivity index (χ1v) is 13.4. The number of hydrogen-bond donors (Lipinski definition) is 0. The van der Waals surface area contributed by atoms with Gasteiger partial charge in [-0.1, -0.05) is 121 Å². The van der Waals surface area contributed by atoms with Gasteiger partial charge in [-0.2, -0.15) is 0 Å². The van der Waals surface area contributed by atoms with Crippen LogP contribution in [0.25, 0.3) is 62.6 Å². The lowest BCUT2D eigenvalue weighted by atomic mass is 10.0. The van der Waals surface area contributed by atoms with E-state index >= 15 is 0 Å². The van der Waals surface area contributed by atoms with Gasteiger partial charge in [-0.15, -0.1) is 0 Å². The van der Waals surface area contributed by atoms with Crippen LogP contribution in [0.15, 0.2) is 127 Å². The fraction of sp³-hybridized carbons (Fsp3) is 0.0556. The summed E-state index contributed by atoms with van der Waals surface area (Å²) >= 11 is 0. The molecule has 2 heterocycles. The number of hydrogen-bond acceptors (Lipinski definition) is 4. The normalized spacial score (nSPS) is 11.2. The summed E-state index contributed by atoms with van der Waals surface area (Å²) in [5.74, 6) is 1.40. The van der Waals surface area contributed by atoms with Gasteiger partial charge in [0, 0.05) is 33.4 Å². The van der Waals surface area contributed by atoms with Gasteiger partial charge in [0.25, 0.3) is 0 Å². The SMILES string of the molecule is C/C=C\c1nc(-c2ccccc2)nc(-c2ccc(-c3nc(-c4ccccc4)cc(-c4ccccc4)n3)cc2)c1C. The van der Waals surface area contributed by atoms with Gasteiger partial charge < -0.3 is 0 Å². The second-order valence-electron chi connectivity index (χ2n) is 9.54. The van der Waals surface area contributed by atoms with Crippen molar-refractivity contribution in [3.05, 3.63) is 139 Å². The van der Waals surface area contributed by atoms with Gasteiger partial charge in [-0.25, -0.2) is 19.9 Å². The average molecular weight is 517 g/mol. The monoisotopic (exact) mass is 516 g/mol. The molecule has 2 aromatic heterocycles. The number of rotatable bonds is 6. The molecule has 192 valence electrons. The van der Waals surface area contributed by atoms with Gasteiger partial charge in [-0.3, -0.25) is 0 Å². The average Bonchev–Trinajstić information content (AvgIpc) is 3.03. The Morgan fingerprint density at radius 1 is 0.475 bits per heavy atom. The predicted molar refractivity (Wildman–Crippen MR) is 164 cm³/mol. The van der Waals surface area contributed by atoms with E-state index in [1.165, 1.54) is 0 Å². The summed E-state index contributed by atoms with van der Waals surface area (Å²) in [6, 6.07) is 41.0. The van der Waals surface area contributed by atoms with Crippen LogP contribution < -0.4 is 0 Å². The van der Waals surface area contributed by atoms with Crippen LogP contribution in [0, 0.1) is 6.92 Å². The molecule has 0 bridgehead atoms. The van der Waals surface area contributed by atoms with Crippen molar-refractivity contribution in [1.82, 2.24) is 19.9 Å². The Labute approximate surface area is 234 Å². The quantitative estimate of drug-likeness (QED) is 0.222. The van der Waals surface area contributed by atoms with E-state index in [4.69, 9.17) is 19.9 Å². The Balaban J connectivity index is 1.44. The Morgan fingerprint density at radius 2 is 0.925 bits per heavy atom. The number of aromatic nitrogens is 4. The molecule has 4 aromatic carbocycles. The van der Waals surface area contributed by atoms with Crippen molar-refractivity contribution in [3.63, 3.8) is 0 Å². The Hall–Kier alpha value is -5.22. The first kappa shape index (κ1) is 25.1. The highest BCUT2D eigenvalue weighted by molar-refractivity contribution is 5.75. The predicted octanol–water partition coefficient (Wildman–Crippen LogP) is 8.94. The second kappa shape index (κ2) is 11.3. The molecule has 0 saturated carbocycles. The van der Waals surface area contributed by atoms with Crippen molar-refractivity contribution in [3.8, 4) is 56.5 Å². The lowest BCUT2D eigenvalue weighted by molar-refractivity contribution is 1.12. The van der Waals surface area contributed by atoms with E-state index in [-0.39, 0.29) is 0 Å². The molecule has 40 heavy (non-hydrogen) atoms. The number of benzene rings is 4. The van der Waals surface area contributed by atoms with Gasteiger partial charge in [0.05, 0.1) is 22.8 Å².